The van der Waals surface area contributed by atoms with Crippen molar-refractivity contribution >= 4 is 6.08 Å². The topological polar surface area (TPSA) is 33.1 Å². The predicted octanol–water partition coefficient (Wildman–Crippen LogP) is 6.71. The highest BCUT2D eigenvalue weighted by molar-refractivity contribution is 5.70. The Morgan fingerprint density at radius 1 is 0.897 bits per heavy atom. The zero-order chi connectivity index (χ0) is 20.5. The van der Waals surface area contributed by atoms with Gasteiger partial charge in [0.15, 0.2) is 0 Å². The normalized spacial score (nSPS) is 12.2. The van der Waals surface area contributed by atoms with E-state index in [1.165, 1.54) is 16.7 Å². The molecule has 0 radical (unpaired) electrons. The van der Waals surface area contributed by atoms with Gasteiger partial charge in [-0.05, 0) is 67.0 Å². The highest BCUT2D eigenvalue weighted by Gasteiger charge is 2.02. The van der Waals surface area contributed by atoms with E-state index in [4.69, 9.17) is 0 Å². The van der Waals surface area contributed by atoms with Crippen molar-refractivity contribution in [1.29, 1.82) is 0 Å². The lowest BCUT2D eigenvalue weighted by molar-refractivity contribution is 0.182. The summed E-state index contributed by atoms with van der Waals surface area (Å²) in [4.78, 5) is 4.55. The number of aliphatic hydroxyl groups excluding tert-OH is 1. The first-order valence-corrected chi connectivity index (χ1v) is 10.3. The summed E-state index contributed by atoms with van der Waals surface area (Å²) < 4.78 is 0. The van der Waals surface area contributed by atoms with Gasteiger partial charge in [-0.2, -0.15) is 0 Å². The van der Waals surface area contributed by atoms with Gasteiger partial charge in [-0.3, -0.25) is 4.98 Å². The van der Waals surface area contributed by atoms with E-state index in [-0.39, 0.29) is 6.10 Å². The van der Waals surface area contributed by atoms with Crippen LogP contribution in [0.3, 0.4) is 0 Å². The minimum atomic E-state index is -0.219. The number of unbranched alkanes of at least 4 members (excludes halogenated alkanes) is 1. The Bertz CT molecular complexity index is 920. The van der Waals surface area contributed by atoms with Crippen LogP contribution in [0, 0.1) is 0 Å². The first kappa shape index (κ1) is 20.8. The maximum absolute atomic E-state index is 9.28. The Kier molecular flexibility index (Phi) is 7.54. The van der Waals surface area contributed by atoms with Crippen LogP contribution in [0.5, 0.6) is 0 Å². The summed E-state index contributed by atoms with van der Waals surface area (Å²) >= 11 is 0. The zero-order valence-electron chi connectivity index (χ0n) is 17.1. The SMILES string of the molecule is C=CCc1ccc(-c2ccc(-c3ccc(/C=C/CCCC(C)O)nc3)cc2)cc1. The lowest BCUT2D eigenvalue weighted by atomic mass is 10.00. The molecule has 0 aliphatic rings. The van der Waals surface area contributed by atoms with Crippen LogP contribution in [0.2, 0.25) is 0 Å². The minimum Gasteiger partial charge on any atom is -0.393 e. The standard InChI is InChI=1S/C27H29NO/c1-3-7-22-10-12-23(13-11-22)24-14-16-25(17-15-24)26-18-19-27(28-20-26)9-6-4-5-8-21(2)29/h3,6,9-21,29H,1,4-5,7-8H2,2H3/b9-6+. The molecule has 2 nitrogen and oxygen atoms in total. The number of rotatable bonds is 9. The van der Waals surface area contributed by atoms with Gasteiger partial charge in [-0.25, -0.2) is 0 Å². The Morgan fingerprint density at radius 3 is 2.03 bits per heavy atom. The maximum Gasteiger partial charge on any atom is 0.0626 e. The van der Waals surface area contributed by atoms with Gasteiger partial charge >= 0.3 is 0 Å². The molecule has 1 N–H and O–H groups in total. The molecule has 3 aromatic rings. The number of pyridine rings is 1. The summed E-state index contributed by atoms with van der Waals surface area (Å²) in [7, 11) is 0. The number of hydrogen-bond acceptors (Lipinski definition) is 2. The first-order valence-electron chi connectivity index (χ1n) is 10.3. The molecule has 0 amide bonds. The number of hydrogen-bond donors (Lipinski definition) is 1. The molecule has 1 unspecified atom stereocenters. The van der Waals surface area contributed by atoms with E-state index in [0.29, 0.717) is 0 Å². The number of benzene rings is 2. The number of aliphatic hydroxyl groups is 1. The Labute approximate surface area is 174 Å². The Morgan fingerprint density at radius 2 is 1.48 bits per heavy atom. The summed E-state index contributed by atoms with van der Waals surface area (Å²) in [5, 5.41) is 9.28. The second-order valence-electron chi connectivity index (χ2n) is 7.42. The largest absolute Gasteiger partial charge is 0.393 e. The molecule has 0 fully saturated rings. The smallest absolute Gasteiger partial charge is 0.0626 e. The molecule has 0 spiro atoms. The third-order valence-corrected chi connectivity index (χ3v) is 4.95. The van der Waals surface area contributed by atoms with E-state index in [0.717, 1.165) is 42.5 Å². The highest BCUT2D eigenvalue weighted by atomic mass is 16.3. The summed E-state index contributed by atoms with van der Waals surface area (Å²) in [5.41, 5.74) is 6.95. The van der Waals surface area contributed by atoms with Gasteiger partial charge in [0.25, 0.3) is 0 Å². The molecule has 2 aromatic carbocycles. The molecule has 2 heteroatoms. The molecule has 29 heavy (non-hydrogen) atoms. The van der Waals surface area contributed by atoms with Crippen LogP contribution in [-0.2, 0) is 6.42 Å². The number of aromatic nitrogens is 1. The van der Waals surface area contributed by atoms with Crippen LogP contribution in [-0.4, -0.2) is 16.2 Å². The molecule has 1 aromatic heterocycles. The molecular weight excluding hydrogens is 354 g/mol. The van der Waals surface area contributed by atoms with Crippen molar-refractivity contribution in [3.63, 3.8) is 0 Å². The summed E-state index contributed by atoms with van der Waals surface area (Å²) in [6, 6.07) is 21.4. The second kappa shape index (κ2) is 10.5. The van der Waals surface area contributed by atoms with Crippen molar-refractivity contribution in [3.05, 3.63) is 96.8 Å². The van der Waals surface area contributed by atoms with Crippen molar-refractivity contribution < 1.29 is 5.11 Å². The van der Waals surface area contributed by atoms with Crippen LogP contribution in [0.15, 0.2) is 85.6 Å². The van der Waals surface area contributed by atoms with Crippen molar-refractivity contribution in [2.24, 2.45) is 0 Å². The van der Waals surface area contributed by atoms with E-state index < -0.39 is 0 Å². The quantitative estimate of drug-likeness (QED) is 0.329. The van der Waals surface area contributed by atoms with Crippen molar-refractivity contribution in [2.45, 2.75) is 38.7 Å². The number of allylic oxidation sites excluding steroid dienone is 2. The lowest BCUT2D eigenvalue weighted by Gasteiger charge is -2.06. The van der Waals surface area contributed by atoms with Crippen molar-refractivity contribution in [1.82, 2.24) is 4.98 Å². The monoisotopic (exact) mass is 383 g/mol. The van der Waals surface area contributed by atoms with Crippen molar-refractivity contribution in [2.75, 3.05) is 0 Å². The first-order chi connectivity index (χ1) is 14.2. The number of nitrogens with zero attached hydrogens (tertiary/aromatic N) is 1. The van der Waals surface area contributed by atoms with E-state index >= 15 is 0 Å². The van der Waals surface area contributed by atoms with E-state index in [1.54, 1.807) is 0 Å². The highest BCUT2D eigenvalue weighted by Crippen LogP contribution is 2.25. The fourth-order valence-corrected chi connectivity index (χ4v) is 3.26. The van der Waals surface area contributed by atoms with Gasteiger partial charge in [0.05, 0.1) is 11.8 Å². The van der Waals surface area contributed by atoms with Gasteiger partial charge in [0.2, 0.25) is 0 Å². The second-order valence-corrected chi connectivity index (χ2v) is 7.42. The molecule has 0 aliphatic carbocycles. The minimum absolute atomic E-state index is 0.219. The van der Waals surface area contributed by atoms with Gasteiger partial charge in [-0.15, -0.1) is 6.58 Å². The average Bonchev–Trinajstić information content (AvgIpc) is 2.75. The van der Waals surface area contributed by atoms with Crippen LogP contribution in [0.4, 0.5) is 0 Å². The molecule has 1 heterocycles. The summed E-state index contributed by atoms with van der Waals surface area (Å²) in [6.45, 7) is 5.62. The molecule has 1 atom stereocenters. The van der Waals surface area contributed by atoms with Crippen molar-refractivity contribution in [3.8, 4) is 22.3 Å². The fraction of sp³-hybridized carbons (Fsp3) is 0.222. The maximum atomic E-state index is 9.28. The molecule has 3 rings (SSSR count). The lowest BCUT2D eigenvalue weighted by Crippen LogP contribution is -1.97. The van der Waals surface area contributed by atoms with Crippen LogP contribution >= 0.6 is 0 Å². The Balaban J connectivity index is 1.62. The van der Waals surface area contributed by atoms with Crippen LogP contribution < -0.4 is 0 Å². The van der Waals surface area contributed by atoms with Crippen LogP contribution in [0.1, 0.15) is 37.4 Å². The third-order valence-electron chi connectivity index (χ3n) is 4.95. The van der Waals surface area contributed by atoms with Gasteiger partial charge in [0.1, 0.15) is 0 Å². The average molecular weight is 384 g/mol. The zero-order valence-corrected chi connectivity index (χ0v) is 17.1. The van der Waals surface area contributed by atoms with Crippen LogP contribution in [0.25, 0.3) is 28.3 Å². The molecular formula is C27H29NO. The predicted molar refractivity (Wildman–Crippen MR) is 124 cm³/mol. The molecule has 0 saturated heterocycles. The van der Waals surface area contributed by atoms with E-state index in [1.807, 2.05) is 31.3 Å². The Hall–Kier alpha value is -2.97. The van der Waals surface area contributed by atoms with E-state index in [9.17, 15) is 5.11 Å². The van der Waals surface area contributed by atoms with Gasteiger partial charge in [0, 0.05) is 11.8 Å². The van der Waals surface area contributed by atoms with E-state index in [2.05, 4.69) is 72.2 Å². The molecule has 0 bridgehead atoms. The van der Waals surface area contributed by atoms with Gasteiger partial charge in [-0.1, -0.05) is 66.7 Å². The summed E-state index contributed by atoms with van der Waals surface area (Å²) in [5.74, 6) is 0. The third kappa shape index (κ3) is 6.27. The van der Waals surface area contributed by atoms with Gasteiger partial charge < -0.3 is 5.11 Å². The fourth-order valence-electron chi connectivity index (χ4n) is 3.26. The molecule has 0 aliphatic heterocycles. The molecule has 148 valence electrons. The molecule has 0 saturated carbocycles. The summed E-state index contributed by atoms with van der Waals surface area (Å²) in [6.07, 6.45) is 11.5.